The molecule has 0 aliphatic heterocycles. The molecular formula is C19H20N6OS. The fourth-order valence-electron chi connectivity index (χ4n) is 3.19. The Balaban J connectivity index is 1.78. The van der Waals surface area contributed by atoms with Crippen molar-refractivity contribution in [3.63, 3.8) is 0 Å². The van der Waals surface area contributed by atoms with E-state index in [2.05, 4.69) is 33.2 Å². The van der Waals surface area contributed by atoms with Gasteiger partial charge < -0.3 is 9.64 Å². The summed E-state index contributed by atoms with van der Waals surface area (Å²) in [7, 11) is 1.67. The molecule has 8 heteroatoms. The summed E-state index contributed by atoms with van der Waals surface area (Å²) < 4.78 is 6.95. The molecule has 0 N–H and O–H groups in total. The third kappa shape index (κ3) is 3.30. The number of thioether (sulfide) groups is 1. The zero-order valence-electron chi connectivity index (χ0n) is 15.3. The van der Waals surface area contributed by atoms with E-state index in [9.17, 15) is 5.26 Å². The van der Waals surface area contributed by atoms with Gasteiger partial charge in [-0.1, -0.05) is 23.9 Å². The molecule has 1 aliphatic carbocycles. The van der Waals surface area contributed by atoms with E-state index in [0.29, 0.717) is 22.4 Å². The predicted molar refractivity (Wildman–Crippen MR) is 104 cm³/mol. The van der Waals surface area contributed by atoms with E-state index in [1.807, 2.05) is 18.4 Å². The first-order valence-electron chi connectivity index (χ1n) is 8.83. The number of fused-ring (bicyclic) bond motifs is 1. The summed E-state index contributed by atoms with van der Waals surface area (Å²) >= 11 is 1.47. The Morgan fingerprint density at radius 2 is 2.07 bits per heavy atom. The molecule has 0 spiro atoms. The standard InChI is InChI=1S/C19H20N6OS/c1-26-16-8-6-13(7-9-16)12-24(15-4-3-5-15)19-23-18(27-2)22-17-14(10-20)11-21-25(17)19/h6-9,11,15H,3-5,12H2,1-2H3. The first-order chi connectivity index (χ1) is 13.2. The Bertz CT molecular complexity index is 990. The van der Waals surface area contributed by atoms with Gasteiger partial charge in [-0.3, -0.25) is 0 Å². The van der Waals surface area contributed by atoms with Crippen LogP contribution in [0.1, 0.15) is 30.4 Å². The van der Waals surface area contributed by atoms with E-state index < -0.39 is 0 Å². The van der Waals surface area contributed by atoms with Gasteiger partial charge in [0.05, 0.1) is 13.3 Å². The number of methoxy groups -OCH3 is 1. The first kappa shape index (κ1) is 17.6. The monoisotopic (exact) mass is 380 g/mol. The van der Waals surface area contributed by atoms with Crippen molar-refractivity contribution < 1.29 is 4.74 Å². The fourth-order valence-corrected chi connectivity index (χ4v) is 3.54. The quantitative estimate of drug-likeness (QED) is 0.607. The molecule has 7 nitrogen and oxygen atoms in total. The molecule has 1 aromatic carbocycles. The number of rotatable bonds is 6. The molecule has 1 aliphatic rings. The molecule has 2 heterocycles. The zero-order chi connectivity index (χ0) is 18.8. The third-order valence-electron chi connectivity index (χ3n) is 4.92. The lowest BCUT2D eigenvalue weighted by atomic mass is 9.91. The van der Waals surface area contributed by atoms with Crippen LogP contribution in [-0.2, 0) is 6.54 Å². The largest absolute Gasteiger partial charge is 0.497 e. The number of nitriles is 1. The molecule has 0 bridgehead atoms. The van der Waals surface area contributed by atoms with E-state index in [4.69, 9.17) is 9.72 Å². The van der Waals surface area contributed by atoms with Crippen LogP contribution in [0.15, 0.2) is 35.6 Å². The van der Waals surface area contributed by atoms with Gasteiger partial charge in [-0.25, -0.2) is 4.98 Å². The summed E-state index contributed by atoms with van der Waals surface area (Å²) in [5.74, 6) is 1.58. The van der Waals surface area contributed by atoms with Gasteiger partial charge in [0.1, 0.15) is 17.4 Å². The van der Waals surface area contributed by atoms with Gasteiger partial charge in [0.25, 0.3) is 0 Å². The van der Waals surface area contributed by atoms with Crippen LogP contribution in [0.3, 0.4) is 0 Å². The van der Waals surface area contributed by atoms with Gasteiger partial charge >= 0.3 is 0 Å². The van der Waals surface area contributed by atoms with E-state index >= 15 is 0 Å². The number of nitrogens with zero attached hydrogens (tertiary/aromatic N) is 6. The van der Waals surface area contributed by atoms with Gasteiger partial charge in [0.2, 0.25) is 5.95 Å². The van der Waals surface area contributed by atoms with Crippen molar-refractivity contribution in [1.29, 1.82) is 5.26 Å². The lowest BCUT2D eigenvalue weighted by Gasteiger charge is -2.38. The minimum Gasteiger partial charge on any atom is -0.497 e. The summed E-state index contributed by atoms with van der Waals surface area (Å²) in [6.45, 7) is 0.719. The number of anilines is 1. The smallest absolute Gasteiger partial charge is 0.231 e. The minimum absolute atomic E-state index is 0.412. The molecule has 1 saturated carbocycles. The maximum absolute atomic E-state index is 9.37. The van der Waals surface area contributed by atoms with Crippen molar-refractivity contribution in [2.75, 3.05) is 18.3 Å². The normalized spacial score (nSPS) is 14.0. The van der Waals surface area contributed by atoms with E-state index in [1.165, 1.54) is 23.7 Å². The van der Waals surface area contributed by atoms with Crippen LogP contribution < -0.4 is 9.64 Å². The van der Waals surface area contributed by atoms with Crippen LogP contribution in [0.25, 0.3) is 5.65 Å². The number of ether oxygens (including phenoxy) is 1. The van der Waals surface area contributed by atoms with Crippen molar-refractivity contribution in [3.05, 3.63) is 41.6 Å². The molecule has 138 valence electrons. The van der Waals surface area contributed by atoms with Gasteiger partial charge in [-0.2, -0.15) is 19.9 Å². The maximum atomic E-state index is 9.37. The average molecular weight is 380 g/mol. The van der Waals surface area contributed by atoms with Gasteiger partial charge in [-0.05, 0) is 43.2 Å². The van der Waals surface area contributed by atoms with Crippen LogP contribution in [0.2, 0.25) is 0 Å². The molecular weight excluding hydrogens is 360 g/mol. The molecule has 4 rings (SSSR count). The minimum atomic E-state index is 0.412. The number of hydrogen-bond acceptors (Lipinski definition) is 7. The summed E-state index contributed by atoms with van der Waals surface area (Å²) in [4.78, 5) is 11.5. The van der Waals surface area contributed by atoms with E-state index in [0.717, 1.165) is 31.1 Å². The molecule has 0 saturated heterocycles. The fraction of sp³-hybridized carbons (Fsp3) is 0.368. The van der Waals surface area contributed by atoms with Crippen LogP contribution in [0.5, 0.6) is 5.75 Å². The van der Waals surface area contributed by atoms with Crippen LogP contribution in [0.4, 0.5) is 5.95 Å². The first-order valence-corrected chi connectivity index (χ1v) is 10.1. The Hall–Kier alpha value is -2.79. The van der Waals surface area contributed by atoms with Crippen molar-refractivity contribution in [3.8, 4) is 11.8 Å². The third-order valence-corrected chi connectivity index (χ3v) is 5.47. The second-order valence-electron chi connectivity index (χ2n) is 6.48. The Kier molecular flexibility index (Phi) is 4.86. The molecule has 3 aromatic rings. The molecule has 0 unspecified atom stereocenters. The zero-order valence-corrected chi connectivity index (χ0v) is 16.1. The highest BCUT2D eigenvalue weighted by atomic mass is 32.2. The number of aromatic nitrogens is 4. The highest BCUT2D eigenvalue weighted by Crippen LogP contribution is 2.31. The predicted octanol–water partition coefficient (Wildman–Crippen LogP) is 3.29. The second kappa shape index (κ2) is 7.45. The Labute approximate surface area is 162 Å². The van der Waals surface area contributed by atoms with Gasteiger partial charge in [0.15, 0.2) is 10.8 Å². The lowest BCUT2D eigenvalue weighted by Crippen LogP contribution is -2.41. The van der Waals surface area contributed by atoms with Gasteiger partial charge in [-0.15, -0.1) is 0 Å². The molecule has 0 atom stereocenters. The van der Waals surface area contributed by atoms with Crippen LogP contribution in [-0.4, -0.2) is 39.0 Å². The van der Waals surface area contributed by atoms with Crippen molar-refractivity contribution in [2.24, 2.45) is 0 Å². The lowest BCUT2D eigenvalue weighted by molar-refractivity contribution is 0.377. The highest BCUT2D eigenvalue weighted by molar-refractivity contribution is 7.98. The topological polar surface area (TPSA) is 79.3 Å². The van der Waals surface area contributed by atoms with Crippen molar-refractivity contribution in [2.45, 2.75) is 37.0 Å². The summed E-state index contributed by atoms with van der Waals surface area (Å²) in [5.41, 5.74) is 2.20. The number of benzene rings is 1. The summed E-state index contributed by atoms with van der Waals surface area (Å²) in [5, 5.41) is 14.4. The molecule has 0 amide bonds. The Morgan fingerprint density at radius 1 is 1.30 bits per heavy atom. The van der Waals surface area contributed by atoms with E-state index in [1.54, 1.807) is 17.8 Å². The van der Waals surface area contributed by atoms with Gasteiger partial charge in [0, 0.05) is 12.6 Å². The second-order valence-corrected chi connectivity index (χ2v) is 7.25. The molecule has 27 heavy (non-hydrogen) atoms. The molecule has 0 radical (unpaired) electrons. The molecule has 2 aromatic heterocycles. The van der Waals surface area contributed by atoms with Crippen molar-refractivity contribution >= 4 is 23.4 Å². The summed E-state index contributed by atoms with van der Waals surface area (Å²) in [6.07, 6.45) is 6.97. The van der Waals surface area contributed by atoms with E-state index in [-0.39, 0.29) is 0 Å². The SMILES string of the molecule is COc1ccc(CN(c2nc(SC)nc3c(C#N)cnn23)C2CCC2)cc1. The Morgan fingerprint density at radius 3 is 2.67 bits per heavy atom. The maximum Gasteiger partial charge on any atom is 0.231 e. The highest BCUT2D eigenvalue weighted by Gasteiger charge is 2.29. The van der Waals surface area contributed by atoms with Crippen molar-refractivity contribution in [1.82, 2.24) is 19.6 Å². The molecule has 1 fully saturated rings. The average Bonchev–Trinajstić information content (AvgIpc) is 3.09. The van der Waals surface area contributed by atoms with Crippen LogP contribution in [0, 0.1) is 11.3 Å². The summed E-state index contributed by atoms with van der Waals surface area (Å²) in [6, 6.07) is 10.7. The van der Waals surface area contributed by atoms with Crippen LogP contribution >= 0.6 is 11.8 Å². The number of hydrogen-bond donors (Lipinski definition) is 0.